The van der Waals surface area contributed by atoms with E-state index < -0.39 is 5.92 Å². The molecule has 0 radical (unpaired) electrons. The first-order valence-corrected chi connectivity index (χ1v) is 8.93. The number of benzene rings is 2. The van der Waals surface area contributed by atoms with Gasteiger partial charge in [-0.1, -0.05) is 24.3 Å². The van der Waals surface area contributed by atoms with E-state index in [0.29, 0.717) is 30.4 Å². The highest BCUT2D eigenvalue weighted by Crippen LogP contribution is 2.31. The molecule has 7 heteroatoms. The molecule has 138 valence electrons. The molecule has 1 saturated heterocycles. The third-order valence-corrected chi connectivity index (χ3v) is 4.65. The lowest BCUT2D eigenvalue weighted by Gasteiger charge is -2.15. The highest BCUT2D eigenvalue weighted by Gasteiger charge is 2.37. The summed E-state index contributed by atoms with van der Waals surface area (Å²) < 4.78 is 5.54. The Hall–Kier alpha value is -3.35. The fraction of sp³-hybridized carbons (Fsp3) is 0.250. The Labute approximate surface area is 156 Å². The third-order valence-electron chi connectivity index (χ3n) is 4.65. The molecule has 0 aliphatic carbocycles. The highest BCUT2D eigenvalue weighted by molar-refractivity contribution is 6.07. The number of aromatic nitrogens is 2. The largest absolute Gasteiger partial charge is 0.492 e. The van der Waals surface area contributed by atoms with Gasteiger partial charge in [-0.3, -0.25) is 19.6 Å². The molecule has 27 heavy (non-hydrogen) atoms. The van der Waals surface area contributed by atoms with Gasteiger partial charge >= 0.3 is 0 Å². The first-order valence-electron chi connectivity index (χ1n) is 8.93. The second-order valence-corrected chi connectivity index (χ2v) is 6.42. The van der Waals surface area contributed by atoms with E-state index in [4.69, 9.17) is 4.74 Å². The van der Waals surface area contributed by atoms with Crippen LogP contribution in [-0.4, -0.2) is 35.2 Å². The van der Waals surface area contributed by atoms with Crippen LogP contribution in [0.2, 0.25) is 0 Å². The Morgan fingerprint density at radius 1 is 1.26 bits per heavy atom. The standard InChI is InChI=1S/C20H20N4O3/c1-2-27-17-10-6-5-9-16(17)21-20(26)13-11-18(25)24(12-13)19-14-7-3-4-8-15(14)22-23-19/h3-10,13H,2,11-12H2,1H3,(H,21,26)(H,22,23). The molecular weight excluding hydrogens is 344 g/mol. The number of fused-ring (bicyclic) bond motifs is 1. The van der Waals surface area contributed by atoms with Crippen LogP contribution in [0.1, 0.15) is 13.3 Å². The summed E-state index contributed by atoms with van der Waals surface area (Å²) in [4.78, 5) is 26.8. The van der Waals surface area contributed by atoms with Gasteiger partial charge in [0, 0.05) is 18.4 Å². The highest BCUT2D eigenvalue weighted by atomic mass is 16.5. The molecule has 2 aromatic carbocycles. The van der Waals surface area contributed by atoms with Crippen molar-refractivity contribution in [3.05, 3.63) is 48.5 Å². The average molecular weight is 364 g/mol. The third kappa shape index (κ3) is 3.23. The number of aromatic amines is 1. The van der Waals surface area contributed by atoms with Gasteiger partial charge in [0.15, 0.2) is 5.82 Å². The van der Waals surface area contributed by atoms with Gasteiger partial charge in [0.05, 0.1) is 23.7 Å². The van der Waals surface area contributed by atoms with Crippen molar-refractivity contribution >= 4 is 34.2 Å². The number of nitrogens with one attached hydrogen (secondary N) is 2. The minimum Gasteiger partial charge on any atom is -0.492 e. The second-order valence-electron chi connectivity index (χ2n) is 6.42. The lowest BCUT2D eigenvalue weighted by molar-refractivity contribution is -0.122. The number of hydrogen-bond acceptors (Lipinski definition) is 4. The van der Waals surface area contributed by atoms with E-state index >= 15 is 0 Å². The lowest BCUT2D eigenvalue weighted by Crippen LogP contribution is -2.28. The molecule has 0 bridgehead atoms. The smallest absolute Gasteiger partial charge is 0.229 e. The summed E-state index contributed by atoms with van der Waals surface area (Å²) in [5.41, 5.74) is 1.47. The van der Waals surface area contributed by atoms with Crippen LogP contribution in [0.3, 0.4) is 0 Å². The summed E-state index contributed by atoms with van der Waals surface area (Å²) in [7, 11) is 0. The predicted octanol–water partition coefficient (Wildman–Crippen LogP) is 2.95. The zero-order chi connectivity index (χ0) is 18.8. The van der Waals surface area contributed by atoms with Gasteiger partial charge in [0.1, 0.15) is 5.75 Å². The summed E-state index contributed by atoms with van der Waals surface area (Å²) in [5, 5.41) is 11.0. The molecule has 1 aliphatic heterocycles. The number of anilines is 2. The second kappa shape index (κ2) is 7.11. The van der Waals surface area contributed by atoms with Gasteiger partial charge in [-0.15, -0.1) is 0 Å². The molecule has 0 saturated carbocycles. The van der Waals surface area contributed by atoms with Gasteiger partial charge in [0.2, 0.25) is 11.8 Å². The summed E-state index contributed by atoms with van der Waals surface area (Å²) >= 11 is 0. The van der Waals surface area contributed by atoms with E-state index in [9.17, 15) is 9.59 Å². The van der Waals surface area contributed by atoms with Crippen LogP contribution in [0, 0.1) is 5.92 Å². The van der Waals surface area contributed by atoms with Crippen LogP contribution >= 0.6 is 0 Å². The van der Waals surface area contributed by atoms with Gasteiger partial charge in [-0.05, 0) is 31.2 Å². The van der Waals surface area contributed by atoms with Crippen molar-refractivity contribution in [2.24, 2.45) is 5.92 Å². The van der Waals surface area contributed by atoms with E-state index in [1.165, 1.54) is 0 Å². The van der Waals surface area contributed by atoms with Crippen molar-refractivity contribution in [3.8, 4) is 5.75 Å². The molecule has 3 aromatic rings. The maximum atomic E-state index is 12.7. The Morgan fingerprint density at radius 3 is 2.89 bits per heavy atom. The zero-order valence-corrected chi connectivity index (χ0v) is 14.9. The number of amides is 2. The maximum Gasteiger partial charge on any atom is 0.229 e. The van der Waals surface area contributed by atoms with E-state index in [1.54, 1.807) is 17.0 Å². The molecular formula is C20H20N4O3. The SMILES string of the molecule is CCOc1ccccc1NC(=O)C1CC(=O)N(c2n[nH]c3ccccc23)C1. The van der Waals surface area contributed by atoms with Gasteiger partial charge < -0.3 is 10.1 Å². The number of ether oxygens (including phenoxy) is 1. The average Bonchev–Trinajstić information content (AvgIpc) is 3.27. The van der Waals surface area contributed by atoms with Gasteiger partial charge in [0.25, 0.3) is 0 Å². The number of hydrogen-bond donors (Lipinski definition) is 2. The van der Waals surface area contributed by atoms with Crippen LogP contribution in [0.4, 0.5) is 11.5 Å². The Bertz CT molecular complexity index is 998. The Balaban J connectivity index is 1.51. The first-order chi connectivity index (χ1) is 13.2. The van der Waals surface area contributed by atoms with Crippen LogP contribution in [0.15, 0.2) is 48.5 Å². The topological polar surface area (TPSA) is 87.3 Å². The van der Waals surface area contributed by atoms with Crippen molar-refractivity contribution in [3.63, 3.8) is 0 Å². The van der Waals surface area contributed by atoms with Crippen LogP contribution < -0.4 is 15.0 Å². The van der Waals surface area contributed by atoms with Crippen LogP contribution in [0.5, 0.6) is 5.75 Å². The monoisotopic (exact) mass is 364 g/mol. The number of carbonyl (C=O) groups excluding carboxylic acids is 2. The lowest BCUT2D eigenvalue weighted by atomic mass is 10.1. The fourth-order valence-electron chi connectivity index (χ4n) is 3.33. The number of carbonyl (C=O) groups is 2. The molecule has 0 spiro atoms. The predicted molar refractivity (Wildman–Crippen MR) is 103 cm³/mol. The molecule has 1 aromatic heterocycles. The summed E-state index contributed by atoms with van der Waals surface area (Å²) in [6.07, 6.45) is 0.157. The van der Waals surface area contributed by atoms with E-state index in [0.717, 1.165) is 10.9 Å². The summed E-state index contributed by atoms with van der Waals surface area (Å²) in [5.74, 6) is 0.444. The minimum atomic E-state index is -0.442. The molecule has 1 fully saturated rings. The molecule has 2 N–H and O–H groups in total. The minimum absolute atomic E-state index is 0.106. The van der Waals surface area contributed by atoms with E-state index in [1.807, 2.05) is 43.3 Å². The normalized spacial score (nSPS) is 16.7. The first kappa shape index (κ1) is 17.1. The maximum absolute atomic E-state index is 12.7. The van der Waals surface area contributed by atoms with E-state index in [-0.39, 0.29) is 18.2 Å². The number of H-pyrrole nitrogens is 1. The van der Waals surface area contributed by atoms with Gasteiger partial charge in [-0.25, -0.2) is 0 Å². The molecule has 1 unspecified atom stereocenters. The molecule has 1 aliphatic rings. The van der Waals surface area contributed by atoms with Crippen LogP contribution in [-0.2, 0) is 9.59 Å². The Morgan fingerprint density at radius 2 is 2.04 bits per heavy atom. The number of rotatable bonds is 5. The number of nitrogens with zero attached hydrogens (tertiary/aromatic N) is 2. The fourth-order valence-corrected chi connectivity index (χ4v) is 3.33. The molecule has 1 atom stereocenters. The quantitative estimate of drug-likeness (QED) is 0.729. The Kier molecular flexibility index (Phi) is 4.50. The summed E-state index contributed by atoms with van der Waals surface area (Å²) in [6, 6.07) is 14.9. The zero-order valence-electron chi connectivity index (χ0n) is 14.9. The van der Waals surface area contributed by atoms with Crippen LogP contribution in [0.25, 0.3) is 10.9 Å². The van der Waals surface area contributed by atoms with Crippen molar-refractivity contribution in [2.45, 2.75) is 13.3 Å². The molecule has 7 nitrogen and oxygen atoms in total. The van der Waals surface area contributed by atoms with Gasteiger partial charge in [-0.2, -0.15) is 5.10 Å². The van der Waals surface area contributed by atoms with Crippen molar-refractivity contribution in [1.29, 1.82) is 0 Å². The molecule has 2 heterocycles. The van der Waals surface area contributed by atoms with Crippen molar-refractivity contribution in [1.82, 2.24) is 10.2 Å². The number of para-hydroxylation sites is 3. The van der Waals surface area contributed by atoms with E-state index in [2.05, 4.69) is 15.5 Å². The summed E-state index contributed by atoms with van der Waals surface area (Å²) in [6.45, 7) is 2.70. The molecule has 2 amide bonds. The molecule has 4 rings (SSSR count). The van der Waals surface area contributed by atoms with Crippen molar-refractivity contribution < 1.29 is 14.3 Å². The van der Waals surface area contributed by atoms with Crippen molar-refractivity contribution in [2.75, 3.05) is 23.4 Å².